The van der Waals surface area contributed by atoms with Crippen LogP contribution in [0.2, 0.25) is 15.1 Å². The first-order valence-corrected chi connectivity index (χ1v) is 12.6. The molecule has 0 unspecified atom stereocenters. The van der Waals surface area contributed by atoms with Crippen molar-refractivity contribution in [1.29, 1.82) is 0 Å². The second-order valence-electron chi connectivity index (χ2n) is 7.27. The number of rotatable bonds is 8. The maximum atomic E-state index is 12.7. The van der Waals surface area contributed by atoms with E-state index in [1.54, 1.807) is 42.5 Å². The Hall–Kier alpha value is -1.51. The number of benzene rings is 2. The Kier molecular flexibility index (Phi) is 8.47. The molecule has 0 atom stereocenters. The number of sulfonamides is 1. The van der Waals surface area contributed by atoms with E-state index < -0.39 is 10.0 Å². The van der Waals surface area contributed by atoms with E-state index in [4.69, 9.17) is 39.5 Å². The number of carbonyl (C=O) groups excluding carboxylic acids is 1. The van der Waals surface area contributed by atoms with Crippen LogP contribution in [0.15, 0.2) is 42.5 Å². The van der Waals surface area contributed by atoms with Crippen molar-refractivity contribution in [3.63, 3.8) is 0 Å². The first-order valence-electron chi connectivity index (χ1n) is 9.82. The van der Waals surface area contributed by atoms with Gasteiger partial charge in [-0.15, -0.1) is 0 Å². The summed E-state index contributed by atoms with van der Waals surface area (Å²) in [6, 6.07) is 11.8. The Labute approximate surface area is 197 Å². The van der Waals surface area contributed by atoms with Crippen molar-refractivity contribution in [2.24, 2.45) is 5.92 Å². The van der Waals surface area contributed by atoms with Gasteiger partial charge in [-0.25, -0.2) is 12.7 Å². The van der Waals surface area contributed by atoms with Crippen LogP contribution in [0, 0.1) is 5.92 Å². The van der Waals surface area contributed by atoms with Gasteiger partial charge in [0.05, 0.1) is 22.3 Å². The Morgan fingerprint density at radius 2 is 1.71 bits per heavy atom. The lowest BCUT2D eigenvalue weighted by Gasteiger charge is -2.30. The topological polar surface area (TPSA) is 75.7 Å². The highest BCUT2D eigenvalue weighted by Crippen LogP contribution is 2.26. The van der Waals surface area contributed by atoms with E-state index >= 15 is 0 Å². The molecule has 1 heterocycles. The van der Waals surface area contributed by atoms with Crippen LogP contribution < -0.4 is 10.1 Å². The highest BCUT2D eigenvalue weighted by molar-refractivity contribution is 7.88. The van der Waals surface area contributed by atoms with E-state index in [1.807, 2.05) is 0 Å². The number of amides is 1. The highest BCUT2D eigenvalue weighted by atomic mass is 35.5. The zero-order valence-corrected chi connectivity index (χ0v) is 19.8. The second-order valence-corrected chi connectivity index (χ2v) is 10.5. The quantitative estimate of drug-likeness (QED) is 0.540. The van der Waals surface area contributed by atoms with E-state index in [9.17, 15) is 13.2 Å². The summed E-state index contributed by atoms with van der Waals surface area (Å²) in [5.41, 5.74) is 0.579. The van der Waals surface area contributed by atoms with Crippen LogP contribution in [0.1, 0.15) is 18.4 Å². The molecule has 1 saturated heterocycles. The number of nitrogens with one attached hydrogen (secondary N) is 1. The lowest BCUT2D eigenvalue weighted by molar-refractivity contribution is -0.126. The second kappa shape index (κ2) is 10.9. The van der Waals surface area contributed by atoms with Gasteiger partial charge in [0.2, 0.25) is 15.9 Å². The zero-order chi connectivity index (χ0) is 22.4. The molecule has 6 nitrogen and oxygen atoms in total. The lowest BCUT2D eigenvalue weighted by atomic mass is 9.97. The van der Waals surface area contributed by atoms with Gasteiger partial charge >= 0.3 is 0 Å². The summed E-state index contributed by atoms with van der Waals surface area (Å²) in [5, 5.41) is 4.19. The van der Waals surface area contributed by atoms with E-state index in [1.165, 1.54) is 4.31 Å². The van der Waals surface area contributed by atoms with Gasteiger partial charge in [-0.3, -0.25) is 4.79 Å². The molecule has 3 rings (SSSR count). The van der Waals surface area contributed by atoms with Crippen molar-refractivity contribution in [2.75, 3.05) is 26.2 Å². The number of piperidine rings is 1. The third-order valence-electron chi connectivity index (χ3n) is 5.03. The Bertz CT molecular complexity index is 1010. The van der Waals surface area contributed by atoms with Gasteiger partial charge in [-0.05, 0) is 54.8 Å². The van der Waals surface area contributed by atoms with Gasteiger partial charge in [0.15, 0.2) is 0 Å². The molecule has 10 heteroatoms. The van der Waals surface area contributed by atoms with Crippen LogP contribution in [-0.4, -0.2) is 44.9 Å². The average Bonchev–Trinajstić information content (AvgIpc) is 2.75. The fourth-order valence-electron chi connectivity index (χ4n) is 3.35. The predicted octanol–water partition coefficient (Wildman–Crippen LogP) is 4.38. The highest BCUT2D eigenvalue weighted by Gasteiger charge is 2.31. The molecule has 0 radical (unpaired) electrons. The number of ether oxygens (including phenoxy) is 1. The van der Waals surface area contributed by atoms with Gasteiger partial charge < -0.3 is 10.1 Å². The van der Waals surface area contributed by atoms with Crippen LogP contribution in [-0.2, 0) is 20.6 Å². The van der Waals surface area contributed by atoms with E-state index in [0.29, 0.717) is 65.5 Å². The van der Waals surface area contributed by atoms with Crippen molar-refractivity contribution in [1.82, 2.24) is 9.62 Å². The number of halogens is 3. The molecule has 2 aromatic carbocycles. The van der Waals surface area contributed by atoms with Gasteiger partial charge in [-0.2, -0.15) is 0 Å². The van der Waals surface area contributed by atoms with Crippen LogP contribution in [0.3, 0.4) is 0 Å². The van der Waals surface area contributed by atoms with Crippen LogP contribution in [0.4, 0.5) is 0 Å². The summed E-state index contributed by atoms with van der Waals surface area (Å²) in [6.07, 6.45) is 0.953. The summed E-state index contributed by atoms with van der Waals surface area (Å²) in [5.74, 6) is 0.232. The monoisotopic (exact) mass is 504 g/mol. The molecule has 1 aliphatic heterocycles. The molecule has 0 spiro atoms. The van der Waals surface area contributed by atoms with Crippen molar-refractivity contribution >= 4 is 50.7 Å². The fourth-order valence-corrected chi connectivity index (χ4v) is 5.34. The summed E-state index contributed by atoms with van der Waals surface area (Å²) in [7, 11) is -3.50. The zero-order valence-electron chi connectivity index (χ0n) is 16.7. The van der Waals surface area contributed by atoms with Gasteiger partial charge in [0, 0.05) is 24.0 Å². The molecule has 0 bridgehead atoms. The molecule has 1 amide bonds. The van der Waals surface area contributed by atoms with E-state index in [-0.39, 0.29) is 17.6 Å². The molecule has 0 saturated carbocycles. The Morgan fingerprint density at radius 3 is 2.35 bits per heavy atom. The molecule has 0 aromatic heterocycles. The third kappa shape index (κ3) is 6.99. The third-order valence-corrected chi connectivity index (χ3v) is 7.88. The van der Waals surface area contributed by atoms with Crippen molar-refractivity contribution < 1.29 is 17.9 Å². The van der Waals surface area contributed by atoms with E-state index in [0.717, 1.165) is 0 Å². The van der Waals surface area contributed by atoms with Gasteiger partial charge in [0.25, 0.3) is 0 Å². The Balaban J connectivity index is 1.42. The maximum Gasteiger partial charge on any atom is 0.223 e. The average molecular weight is 506 g/mol. The lowest BCUT2D eigenvalue weighted by Crippen LogP contribution is -2.43. The largest absolute Gasteiger partial charge is 0.492 e. The molecular formula is C21H23Cl3N2O4S. The van der Waals surface area contributed by atoms with Crippen LogP contribution >= 0.6 is 34.8 Å². The molecule has 168 valence electrons. The molecular weight excluding hydrogens is 483 g/mol. The number of hydrogen-bond acceptors (Lipinski definition) is 4. The van der Waals surface area contributed by atoms with Crippen LogP contribution in [0.25, 0.3) is 0 Å². The normalized spacial score (nSPS) is 15.6. The number of nitrogens with zero attached hydrogens (tertiary/aromatic N) is 1. The Morgan fingerprint density at radius 1 is 1.03 bits per heavy atom. The molecule has 1 fully saturated rings. The molecule has 1 N–H and O–H groups in total. The van der Waals surface area contributed by atoms with Crippen LogP contribution in [0.5, 0.6) is 5.75 Å². The number of hydrogen-bond donors (Lipinski definition) is 1. The summed E-state index contributed by atoms with van der Waals surface area (Å²) < 4.78 is 32.4. The van der Waals surface area contributed by atoms with Crippen molar-refractivity contribution in [2.45, 2.75) is 18.6 Å². The van der Waals surface area contributed by atoms with Crippen molar-refractivity contribution in [3.8, 4) is 5.75 Å². The van der Waals surface area contributed by atoms with E-state index in [2.05, 4.69) is 5.32 Å². The first-order chi connectivity index (χ1) is 14.7. The molecule has 0 aliphatic carbocycles. The summed E-state index contributed by atoms with van der Waals surface area (Å²) in [4.78, 5) is 12.4. The van der Waals surface area contributed by atoms with Crippen molar-refractivity contribution in [3.05, 3.63) is 63.1 Å². The number of carbonyl (C=O) groups is 1. The predicted molar refractivity (Wildman–Crippen MR) is 123 cm³/mol. The maximum absolute atomic E-state index is 12.7. The fraction of sp³-hybridized carbons (Fsp3) is 0.381. The minimum atomic E-state index is -3.50. The molecule has 31 heavy (non-hydrogen) atoms. The molecule has 1 aliphatic rings. The first kappa shape index (κ1) is 24.1. The summed E-state index contributed by atoms with van der Waals surface area (Å²) >= 11 is 17.7. The smallest absolute Gasteiger partial charge is 0.223 e. The SMILES string of the molecule is O=C(NCCOc1ccc(Cl)cc1)C1CCN(S(=O)(=O)Cc2ccc(Cl)c(Cl)c2)CC1. The molecule has 2 aromatic rings. The minimum absolute atomic E-state index is 0.0822. The summed E-state index contributed by atoms with van der Waals surface area (Å²) in [6.45, 7) is 1.33. The van der Waals surface area contributed by atoms with Gasteiger partial charge in [-0.1, -0.05) is 40.9 Å². The standard InChI is InChI=1S/C21H23Cl3N2O4S/c22-17-2-4-18(5-3-17)30-12-9-25-21(27)16-7-10-26(11-8-16)31(28,29)14-15-1-6-19(23)20(24)13-15/h1-6,13,16H,7-12,14H2,(H,25,27). The van der Waals surface area contributed by atoms with Gasteiger partial charge in [0.1, 0.15) is 12.4 Å². The minimum Gasteiger partial charge on any atom is -0.492 e.